The van der Waals surface area contributed by atoms with Crippen molar-refractivity contribution in [2.45, 2.75) is 73.3 Å². The number of anilines is 1. The van der Waals surface area contributed by atoms with E-state index in [-0.39, 0.29) is 17.0 Å². The van der Waals surface area contributed by atoms with E-state index < -0.39 is 0 Å². The molecule has 0 saturated carbocycles. The third kappa shape index (κ3) is 5.41. The molecule has 6 nitrogen and oxygen atoms in total. The number of aromatic nitrogens is 1. The summed E-state index contributed by atoms with van der Waals surface area (Å²) in [6, 6.07) is 2.14. The lowest BCUT2D eigenvalue weighted by Crippen LogP contribution is -2.43. The average Bonchev–Trinajstić information content (AvgIpc) is 3.05. The van der Waals surface area contributed by atoms with Gasteiger partial charge in [0.05, 0.1) is 4.91 Å². The third-order valence-electron chi connectivity index (χ3n) is 6.63. The summed E-state index contributed by atoms with van der Waals surface area (Å²) in [5, 5.41) is 9.85. The Bertz CT molecular complexity index is 1080. The van der Waals surface area contributed by atoms with Crippen molar-refractivity contribution in [1.29, 1.82) is 5.26 Å². The van der Waals surface area contributed by atoms with E-state index in [9.17, 15) is 14.9 Å². The van der Waals surface area contributed by atoms with E-state index in [1.165, 1.54) is 11.8 Å². The number of nitrogens with zero attached hydrogens (tertiary/aromatic N) is 4. The number of pyridine rings is 1. The molecule has 2 saturated heterocycles. The molecular formula is C26H36N4O2S2. The van der Waals surface area contributed by atoms with Crippen LogP contribution in [-0.2, 0) is 11.3 Å². The summed E-state index contributed by atoms with van der Waals surface area (Å²) in [6.07, 6.45) is 6.70. The number of rotatable bonds is 8. The highest BCUT2D eigenvalue weighted by Gasteiger charge is 2.33. The second-order valence-electron chi connectivity index (χ2n) is 9.70. The van der Waals surface area contributed by atoms with Gasteiger partial charge in [0.2, 0.25) is 0 Å². The molecular weight excluding hydrogens is 464 g/mol. The summed E-state index contributed by atoms with van der Waals surface area (Å²) in [7, 11) is 0. The van der Waals surface area contributed by atoms with Gasteiger partial charge in [-0.2, -0.15) is 5.26 Å². The number of carbonyl (C=O) groups excluding carboxylic acids is 1. The maximum atomic E-state index is 13.4. The summed E-state index contributed by atoms with van der Waals surface area (Å²) in [5.74, 6) is 1.75. The van der Waals surface area contributed by atoms with Crippen molar-refractivity contribution in [3.8, 4) is 6.07 Å². The maximum Gasteiger partial charge on any atom is 0.270 e. The van der Waals surface area contributed by atoms with Crippen LogP contribution in [0.5, 0.6) is 0 Å². The van der Waals surface area contributed by atoms with Crippen LogP contribution >= 0.6 is 24.0 Å². The normalized spacial score (nSPS) is 22.1. The predicted octanol–water partition coefficient (Wildman–Crippen LogP) is 5.31. The smallest absolute Gasteiger partial charge is 0.270 e. The average molecular weight is 501 g/mol. The number of thioether (sulfide) groups is 1. The van der Waals surface area contributed by atoms with Crippen LogP contribution in [0, 0.1) is 30.1 Å². The molecule has 0 radical (unpaired) electrons. The van der Waals surface area contributed by atoms with Crippen molar-refractivity contribution in [2.75, 3.05) is 24.5 Å². The molecule has 8 heteroatoms. The van der Waals surface area contributed by atoms with Crippen molar-refractivity contribution in [3.63, 3.8) is 0 Å². The third-order valence-corrected chi connectivity index (χ3v) is 8.01. The first-order valence-electron chi connectivity index (χ1n) is 12.4. The summed E-state index contributed by atoms with van der Waals surface area (Å²) >= 11 is 6.82. The van der Waals surface area contributed by atoms with Crippen LogP contribution in [0.25, 0.3) is 6.08 Å². The zero-order valence-electron chi connectivity index (χ0n) is 21.0. The Hall–Kier alpha value is -2.11. The monoisotopic (exact) mass is 500 g/mol. The van der Waals surface area contributed by atoms with Crippen LogP contribution < -0.4 is 10.5 Å². The van der Waals surface area contributed by atoms with Crippen molar-refractivity contribution in [3.05, 3.63) is 31.9 Å². The highest BCUT2D eigenvalue weighted by molar-refractivity contribution is 8.26. The number of thiocarbonyl (C=S) groups is 1. The van der Waals surface area contributed by atoms with Crippen LogP contribution in [-0.4, -0.2) is 39.3 Å². The Kier molecular flexibility index (Phi) is 9.00. The first kappa shape index (κ1) is 26.5. The molecule has 3 rings (SSSR count). The van der Waals surface area contributed by atoms with Gasteiger partial charge < -0.3 is 4.90 Å². The van der Waals surface area contributed by atoms with E-state index in [4.69, 9.17) is 12.2 Å². The summed E-state index contributed by atoms with van der Waals surface area (Å²) in [6.45, 7) is 13.4. The second-order valence-corrected chi connectivity index (χ2v) is 11.4. The van der Waals surface area contributed by atoms with Crippen LogP contribution in [0.1, 0.15) is 76.5 Å². The number of hydrogen-bond acceptors (Lipinski definition) is 6. The first-order chi connectivity index (χ1) is 16.2. The highest BCUT2D eigenvalue weighted by atomic mass is 32.2. The van der Waals surface area contributed by atoms with Gasteiger partial charge in [0.25, 0.3) is 11.5 Å². The number of nitriles is 1. The lowest BCUT2D eigenvalue weighted by atomic mass is 9.91. The van der Waals surface area contributed by atoms with Crippen molar-refractivity contribution in [1.82, 2.24) is 9.47 Å². The molecule has 2 aliphatic rings. The molecule has 1 aromatic heterocycles. The molecule has 0 aromatic carbocycles. The SMILES string of the molecule is CCCCN1C(=O)C(=Cc2c(C)c(C#N)c(=O)n(CCCC)c2N2CC(C)CC(C)C2)SC1=S. The van der Waals surface area contributed by atoms with Gasteiger partial charge in [0.1, 0.15) is 21.8 Å². The van der Waals surface area contributed by atoms with Crippen molar-refractivity contribution in [2.24, 2.45) is 11.8 Å². The molecule has 3 heterocycles. The summed E-state index contributed by atoms with van der Waals surface area (Å²) in [5.41, 5.74) is 1.36. The zero-order valence-corrected chi connectivity index (χ0v) is 22.7. The second kappa shape index (κ2) is 11.5. The van der Waals surface area contributed by atoms with Gasteiger partial charge in [-0.05, 0) is 49.7 Å². The molecule has 2 fully saturated rings. The number of amides is 1. The molecule has 0 aliphatic carbocycles. The standard InChI is InChI=1S/C26H36N4O2S2/c1-6-8-10-29-23(28-15-17(3)12-18(4)16-28)20(19(5)21(14-27)24(29)31)13-22-25(32)30(11-9-7-2)26(33)34-22/h13,17-18H,6-12,15-16H2,1-5H3. The molecule has 2 unspecified atom stereocenters. The van der Waals surface area contributed by atoms with E-state index in [0.717, 1.165) is 56.6 Å². The maximum absolute atomic E-state index is 13.4. The molecule has 1 aromatic rings. The molecule has 2 atom stereocenters. The fourth-order valence-electron chi connectivity index (χ4n) is 4.98. The van der Waals surface area contributed by atoms with E-state index in [2.05, 4.69) is 38.7 Å². The Morgan fingerprint density at radius 1 is 1.12 bits per heavy atom. The van der Waals surface area contributed by atoms with Crippen molar-refractivity contribution < 1.29 is 4.79 Å². The minimum absolute atomic E-state index is 0.0843. The molecule has 2 aliphatic heterocycles. The molecule has 0 bridgehead atoms. The number of hydrogen-bond donors (Lipinski definition) is 0. The Morgan fingerprint density at radius 3 is 2.32 bits per heavy atom. The highest BCUT2D eigenvalue weighted by Crippen LogP contribution is 2.37. The Morgan fingerprint density at radius 2 is 1.74 bits per heavy atom. The summed E-state index contributed by atoms with van der Waals surface area (Å²) in [4.78, 5) is 31.2. The van der Waals surface area contributed by atoms with Crippen LogP contribution in [0.4, 0.5) is 5.82 Å². The Labute approximate surface area is 213 Å². The van der Waals surface area contributed by atoms with Crippen LogP contribution in [0.15, 0.2) is 9.70 Å². The van der Waals surface area contributed by atoms with Gasteiger partial charge in [0.15, 0.2) is 0 Å². The molecule has 0 N–H and O–H groups in total. The van der Waals surface area contributed by atoms with Gasteiger partial charge >= 0.3 is 0 Å². The minimum atomic E-state index is -0.234. The van der Waals surface area contributed by atoms with Crippen LogP contribution in [0.2, 0.25) is 0 Å². The van der Waals surface area contributed by atoms with Gasteiger partial charge in [-0.25, -0.2) is 0 Å². The summed E-state index contributed by atoms with van der Waals surface area (Å²) < 4.78 is 2.35. The largest absolute Gasteiger partial charge is 0.357 e. The number of carbonyl (C=O) groups is 1. The lowest BCUT2D eigenvalue weighted by Gasteiger charge is -2.39. The van der Waals surface area contributed by atoms with E-state index in [1.54, 1.807) is 9.47 Å². The minimum Gasteiger partial charge on any atom is -0.357 e. The predicted molar refractivity (Wildman–Crippen MR) is 145 cm³/mol. The van der Waals surface area contributed by atoms with Gasteiger partial charge in [-0.15, -0.1) is 0 Å². The topological polar surface area (TPSA) is 69.3 Å². The fourth-order valence-corrected chi connectivity index (χ4v) is 6.27. The first-order valence-corrected chi connectivity index (χ1v) is 13.6. The van der Waals surface area contributed by atoms with Crippen LogP contribution in [0.3, 0.4) is 0 Å². The van der Waals surface area contributed by atoms with E-state index >= 15 is 0 Å². The number of piperidine rings is 1. The fraction of sp³-hybridized carbons (Fsp3) is 0.615. The zero-order chi connectivity index (χ0) is 25.0. The molecule has 184 valence electrons. The lowest BCUT2D eigenvalue weighted by molar-refractivity contribution is -0.122. The van der Waals surface area contributed by atoms with E-state index in [0.29, 0.717) is 39.7 Å². The quantitative estimate of drug-likeness (QED) is 0.356. The van der Waals surface area contributed by atoms with Gasteiger partial charge in [-0.1, -0.05) is 64.5 Å². The van der Waals surface area contributed by atoms with Gasteiger partial charge in [-0.3, -0.25) is 19.1 Å². The Balaban J connectivity index is 2.22. The molecule has 34 heavy (non-hydrogen) atoms. The van der Waals surface area contributed by atoms with E-state index in [1.807, 2.05) is 13.0 Å². The molecule has 1 amide bonds. The van der Waals surface area contributed by atoms with Crippen molar-refractivity contribution >= 4 is 46.1 Å². The number of unbranched alkanes of at least 4 members (excludes halogenated alkanes) is 2. The molecule has 0 spiro atoms. The van der Waals surface area contributed by atoms with Gasteiger partial charge in [0, 0.05) is 31.7 Å².